The number of fused-ring (bicyclic) bond motifs is 1. The number of benzene rings is 2. The van der Waals surface area contributed by atoms with Crippen LogP contribution in [0, 0.1) is 0 Å². The number of ether oxygens (including phenoxy) is 3. The second kappa shape index (κ2) is 7.23. The molecular weight excluding hydrogens is 342 g/mol. The van der Waals surface area contributed by atoms with Gasteiger partial charge in [-0.3, -0.25) is 0 Å². The summed E-state index contributed by atoms with van der Waals surface area (Å²) in [6.45, 7) is 1.66. The van der Waals surface area contributed by atoms with Crippen LogP contribution in [0.2, 0.25) is 0 Å². The lowest BCUT2D eigenvalue weighted by molar-refractivity contribution is -0.0399. The lowest BCUT2D eigenvalue weighted by Gasteiger charge is -2.17. The normalized spacial score (nSPS) is 27.0. The highest BCUT2D eigenvalue weighted by molar-refractivity contribution is 5.57. The van der Waals surface area contributed by atoms with E-state index < -0.39 is 0 Å². The maximum Gasteiger partial charge on any atom is 0.114 e. The van der Waals surface area contributed by atoms with Crippen molar-refractivity contribution in [2.24, 2.45) is 0 Å². The molecule has 0 N–H and O–H groups in total. The quantitative estimate of drug-likeness (QED) is 0.698. The molecule has 2 fully saturated rings. The summed E-state index contributed by atoms with van der Waals surface area (Å²) < 4.78 is 20.0. The lowest BCUT2D eigenvalue weighted by Crippen LogP contribution is -2.32. The molecule has 2 aliphatic heterocycles. The molecule has 0 unspecified atom stereocenters. The van der Waals surface area contributed by atoms with E-state index >= 15 is 0 Å². The topological polar surface area (TPSA) is 58.4 Å². The Hall–Kier alpha value is -2.54. The highest BCUT2D eigenvalue weighted by Gasteiger charge is 2.49. The highest BCUT2D eigenvalue weighted by Crippen LogP contribution is 2.35. The van der Waals surface area contributed by atoms with Crippen LogP contribution in [-0.2, 0) is 20.8 Å². The predicted molar refractivity (Wildman–Crippen MR) is 99.0 cm³/mol. The van der Waals surface area contributed by atoms with Crippen molar-refractivity contribution in [3.63, 3.8) is 0 Å². The van der Waals surface area contributed by atoms with Crippen LogP contribution in [-0.4, -0.2) is 46.5 Å². The van der Waals surface area contributed by atoms with Crippen LogP contribution in [0.1, 0.15) is 11.6 Å². The minimum Gasteiger partial charge on any atom is -0.370 e. The Kier molecular flexibility index (Phi) is 4.45. The molecule has 2 saturated heterocycles. The molecule has 0 saturated carbocycles. The van der Waals surface area contributed by atoms with Gasteiger partial charge in [0, 0.05) is 5.56 Å². The third kappa shape index (κ3) is 3.27. The fourth-order valence-corrected chi connectivity index (χ4v) is 3.77. The van der Waals surface area contributed by atoms with Gasteiger partial charge in [0.1, 0.15) is 30.0 Å². The van der Waals surface area contributed by atoms with Gasteiger partial charge in [-0.15, -0.1) is 5.10 Å². The van der Waals surface area contributed by atoms with E-state index in [1.165, 1.54) is 0 Å². The van der Waals surface area contributed by atoms with E-state index in [2.05, 4.69) is 22.4 Å². The first-order chi connectivity index (χ1) is 13.4. The van der Waals surface area contributed by atoms with Gasteiger partial charge in [0.05, 0.1) is 26.0 Å². The summed E-state index contributed by atoms with van der Waals surface area (Å²) in [6.07, 6.45) is 1.78. The number of nitrogens with zero attached hydrogens (tertiary/aromatic N) is 3. The Bertz CT molecular complexity index is 884. The molecule has 0 amide bonds. The average Bonchev–Trinajstić information content (AvgIpc) is 3.44. The molecule has 5 rings (SSSR count). The van der Waals surface area contributed by atoms with Crippen molar-refractivity contribution in [1.29, 1.82) is 0 Å². The molecular formula is C21H21N3O3. The van der Waals surface area contributed by atoms with Gasteiger partial charge in [0.2, 0.25) is 0 Å². The van der Waals surface area contributed by atoms with Crippen molar-refractivity contribution < 1.29 is 14.2 Å². The molecule has 2 aliphatic rings. The van der Waals surface area contributed by atoms with E-state index in [0.29, 0.717) is 19.8 Å². The molecule has 27 heavy (non-hydrogen) atoms. The Balaban J connectivity index is 1.26. The summed E-state index contributed by atoms with van der Waals surface area (Å²) in [5.41, 5.74) is 3.06. The summed E-state index contributed by atoms with van der Waals surface area (Å²) >= 11 is 0. The van der Waals surface area contributed by atoms with Crippen molar-refractivity contribution in [3.05, 3.63) is 72.4 Å². The zero-order valence-corrected chi connectivity index (χ0v) is 14.8. The van der Waals surface area contributed by atoms with Gasteiger partial charge in [0.15, 0.2) is 0 Å². The van der Waals surface area contributed by atoms with Gasteiger partial charge >= 0.3 is 0 Å². The predicted octanol–water partition coefficient (Wildman–Crippen LogP) is 2.87. The third-order valence-electron chi connectivity index (χ3n) is 5.21. The smallest absolute Gasteiger partial charge is 0.114 e. The van der Waals surface area contributed by atoms with E-state index in [9.17, 15) is 0 Å². The van der Waals surface area contributed by atoms with Gasteiger partial charge < -0.3 is 14.2 Å². The SMILES string of the molecule is c1ccc(CO[C@H]2CO[C@@H]3[C@@H]2OC[C@@H]3n2cc(-c3ccccc3)nn2)cc1. The van der Waals surface area contributed by atoms with E-state index in [0.717, 1.165) is 16.8 Å². The summed E-state index contributed by atoms with van der Waals surface area (Å²) in [6, 6.07) is 20.2. The molecule has 6 nitrogen and oxygen atoms in total. The van der Waals surface area contributed by atoms with Crippen LogP contribution in [0.25, 0.3) is 11.3 Å². The van der Waals surface area contributed by atoms with Crippen LogP contribution >= 0.6 is 0 Å². The van der Waals surface area contributed by atoms with Crippen molar-refractivity contribution in [3.8, 4) is 11.3 Å². The molecule has 3 heterocycles. The third-order valence-corrected chi connectivity index (χ3v) is 5.21. The first kappa shape index (κ1) is 16.6. The highest BCUT2D eigenvalue weighted by atomic mass is 16.6. The largest absolute Gasteiger partial charge is 0.370 e. The zero-order valence-electron chi connectivity index (χ0n) is 14.8. The van der Waals surface area contributed by atoms with Gasteiger partial charge in [-0.1, -0.05) is 65.9 Å². The van der Waals surface area contributed by atoms with Crippen LogP contribution < -0.4 is 0 Å². The number of hydrogen-bond acceptors (Lipinski definition) is 5. The lowest BCUT2D eigenvalue weighted by atomic mass is 10.1. The van der Waals surface area contributed by atoms with Gasteiger partial charge in [-0.25, -0.2) is 4.68 Å². The molecule has 0 bridgehead atoms. The van der Waals surface area contributed by atoms with E-state index in [1.807, 2.05) is 59.4 Å². The second-order valence-electron chi connectivity index (χ2n) is 6.95. The van der Waals surface area contributed by atoms with Crippen molar-refractivity contribution in [2.75, 3.05) is 13.2 Å². The summed E-state index contributed by atoms with van der Waals surface area (Å²) in [5, 5.41) is 8.63. The van der Waals surface area contributed by atoms with Crippen LogP contribution in [0.15, 0.2) is 66.9 Å². The average molecular weight is 363 g/mol. The molecule has 4 atom stereocenters. The van der Waals surface area contributed by atoms with Gasteiger partial charge in [-0.2, -0.15) is 0 Å². The summed E-state index contributed by atoms with van der Waals surface area (Å²) in [5.74, 6) is 0. The number of aromatic nitrogens is 3. The van der Waals surface area contributed by atoms with Crippen molar-refractivity contribution in [1.82, 2.24) is 15.0 Å². The molecule has 2 aromatic carbocycles. The molecule has 0 aliphatic carbocycles. The minimum absolute atomic E-state index is 0.0188. The molecule has 3 aromatic rings. The molecule has 6 heteroatoms. The zero-order chi connectivity index (χ0) is 18.1. The monoisotopic (exact) mass is 363 g/mol. The maximum atomic E-state index is 6.07. The minimum atomic E-state index is -0.0666. The molecule has 138 valence electrons. The van der Waals surface area contributed by atoms with Gasteiger partial charge in [0.25, 0.3) is 0 Å². The van der Waals surface area contributed by atoms with E-state index in [4.69, 9.17) is 14.2 Å². The molecule has 1 aromatic heterocycles. The number of rotatable bonds is 5. The van der Waals surface area contributed by atoms with Crippen LogP contribution in [0.4, 0.5) is 0 Å². The first-order valence-corrected chi connectivity index (χ1v) is 9.24. The van der Waals surface area contributed by atoms with E-state index in [-0.39, 0.29) is 24.4 Å². The fraction of sp³-hybridized carbons (Fsp3) is 0.333. The first-order valence-electron chi connectivity index (χ1n) is 9.24. The molecule has 0 radical (unpaired) electrons. The van der Waals surface area contributed by atoms with Crippen LogP contribution in [0.3, 0.4) is 0 Å². The Morgan fingerprint density at radius 1 is 0.926 bits per heavy atom. The number of hydrogen-bond donors (Lipinski definition) is 0. The Morgan fingerprint density at radius 2 is 1.67 bits per heavy atom. The Morgan fingerprint density at radius 3 is 2.48 bits per heavy atom. The van der Waals surface area contributed by atoms with Crippen molar-refractivity contribution in [2.45, 2.75) is 31.0 Å². The van der Waals surface area contributed by atoms with Crippen molar-refractivity contribution >= 4 is 0 Å². The standard InChI is InChI=1S/C21H21N3O3/c1-3-7-15(8-4-1)12-25-19-14-27-20-18(13-26-21(19)20)24-11-17(22-23-24)16-9-5-2-6-10-16/h1-11,18-21H,12-14H2/t18-,19-,20-,21+/m0/s1. The van der Waals surface area contributed by atoms with E-state index in [1.54, 1.807) is 0 Å². The van der Waals surface area contributed by atoms with Gasteiger partial charge in [-0.05, 0) is 5.56 Å². The fourth-order valence-electron chi connectivity index (χ4n) is 3.77. The summed E-state index contributed by atoms with van der Waals surface area (Å²) in [7, 11) is 0. The maximum absolute atomic E-state index is 6.07. The summed E-state index contributed by atoms with van der Waals surface area (Å²) in [4.78, 5) is 0. The second-order valence-corrected chi connectivity index (χ2v) is 6.95. The van der Waals surface area contributed by atoms with Crippen LogP contribution in [0.5, 0.6) is 0 Å². The molecule has 0 spiro atoms. The Labute approximate surface area is 157 Å².